The zero-order chi connectivity index (χ0) is 33.6. The van der Waals surface area contributed by atoms with Crippen molar-refractivity contribution < 1.29 is 23.8 Å². The van der Waals surface area contributed by atoms with Gasteiger partial charge in [0.25, 0.3) is 0 Å². The molecule has 5 heteroatoms. The molecule has 46 heavy (non-hydrogen) atoms. The Bertz CT molecular complexity index is 622. The largest absolute Gasteiger partial charge is 0.462 e. The van der Waals surface area contributed by atoms with Gasteiger partial charge in [-0.25, -0.2) is 0 Å². The molecule has 0 aliphatic carbocycles. The van der Waals surface area contributed by atoms with Gasteiger partial charge in [0.1, 0.15) is 6.61 Å². The quantitative estimate of drug-likeness (QED) is 0.0490. The summed E-state index contributed by atoms with van der Waals surface area (Å²) in [7, 11) is 0. The van der Waals surface area contributed by atoms with E-state index in [-0.39, 0.29) is 18.5 Å². The minimum absolute atomic E-state index is 0.0944. The Hall–Kier alpha value is -1.10. The average Bonchev–Trinajstić information content (AvgIpc) is 3.05. The van der Waals surface area contributed by atoms with Crippen molar-refractivity contribution in [3.05, 3.63) is 0 Å². The Morgan fingerprint density at radius 1 is 0.391 bits per heavy atom. The lowest BCUT2D eigenvalue weighted by molar-refractivity contribution is -0.163. The summed E-state index contributed by atoms with van der Waals surface area (Å²) in [5, 5.41) is 0. The van der Waals surface area contributed by atoms with Crippen LogP contribution in [-0.4, -0.2) is 37.9 Å². The topological polar surface area (TPSA) is 61.8 Å². The highest BCUT2D eigenvalue weighted by Crippen LogP contribution is 2.15. The molecule has 0 heterocycles. The highest BCUT2D eigenvalue weighted by Gasteiger charge is 2.17. The molecule has 0 aromatic carbocycles. The van der Waals surface area contributed by atoms with Crippen LogP contribution in [0.1, 0.15) is 226 Å². The van der Waals surface area contributed by atoms with Gasteiger partial charge in [-0.2, -0.15) is 0 Å². The first-order chi connectivity index (χ1) is 22.6. The summed E-state index contributed by atoms with van der Waals surface area (Å²) in [4.78, 5) is 24.9. The Kier molecular flexibility index (Phi) is 37.4. The van der Waals surface area contributed by atoms with E-state index in [9.17, 15) is 9.59 Å². The highest BCUT2D eigenvalue weighted by atomic mass is 16.6. The van der Waals surface area contributed by atoms with Crippen LogP contribution in [-0.2, 0) is 23.8 Å². The zero-order valence-electron chi connectivity index (χ0n) is 31.4. The van der Waals surface area contributed by atoms with Gasteiger partial charge in [0.05, 0.1) is 6.61 Å². The normalized spacial score (nSPS) is 12.0. The second-order valence-corrected chi connectivity index (χ2v) is 13.9. The van der Waals surface area contributed by atoms with E-state index in [1.54, 1.807) is 0 Å². The number of esters is 2. The lowest BCUT2D eigenvalue weighted by Crippen LogP contribution is -2.30. The minimum atomic E-state index is -0.518. The Morgan fingerprint density at radius 2 is 0.717 bits per heavy atom. The summed E-state index contributed by atoms with van der Waals surface area (Å²) in [6.07, 6.45) is 38.3. The van der Waals surface area contributed by atoms with Gasteiger partial charge in [0.2, 0.25) is 0 Å². The number of unbranched alkanes of at least 4 members (excludes halogenated alkanes) is 27. The zero-order valence-corrected chi connectivity index (χ0v) is 31.4. The van der Waals surface area contributed by atoms with Gasteiger partial charge in [-0.3, -0.25) is 9.59 Å². The van der Waals surface area contributed by atoms with E-state index < -0.39 is 6.10 Å². The molecule has 0 saturated heterocycles. The molecular formula is C41H80O5. The van der Waals surface area contributed by atoms with Crippen molar-refractivity contribution in [1.29, 1.82) is 0 Å². The summed E-state index contributed by atoms with van der Waals surface area (Å²) in [5.41, 5.74) is 0. The average molecular weight is 653 g/mol. The lowest BCUT2D eigenvalue weighted by Gasteiger charge is -2.18. The number of ether oxygens (including phenoxy) is 3. The fourth-order valence-corrected chi connectivity index (χ4v) is 6.04. The molecule has 0 amide bonds. The summed E-state index contributed by atoms with van der Waals surface area (Å²) >= 11 is 0. The molecule has 0 bridgehead atoms. The second kappa shape index (κ2) is 38.3. The third-order valence-corrected chi connectivity index (χ3v) is 9.14. The van der Waals surface area contributed by atoms with Crippen LogP contribution in [0.2, 0.25) is 0 Å². The maximum Gasteiger partial charge on any atom is 0.306 e. The SMILES string of the molecule is CCCCCCCCCCCCCCCCOCC(COC(=O)CCCCCCCCCCCCC)OC(=O)CCCCCCC. The summed E-state index contributed by atoms with van der Waals surface area (Å²) in [6.45, 7) is 7.78. The molecule has 1 atom stereocenters. The van der Waals surface area contributed by atoms with Crippen molar-refractivity contribution in [3.63, 3.8) is 0 Å². The second-order valence-electron chi connectivity index (χ2n) is 13.9. The molecule has 274 valence electrons. The first kappa shape index (κ1) is 44.9. The fourth-order valence-electron chi connectivity index (χ4n) is 6.04. The molecule has 0 aromatic heterocycles. The van der Waals surface area contributed by atoms with Crippen molar-refractivity contribution in [2.75, 3.05) is 19.8 Å². The molecular weight excluding hydrogens is 572 g/mol. The van der Waals surface area contributed by atoms with Crippen molar-refractivity contribution in [3.8, 4) is 0 Å². The first-order valence-corrected chi connectivity index (χ1v) is 20.6. The Morgan fingerprint density at radius 3 is 1.11 bits per heavy atom. The van der Waals surface area contributed by atoms with Gasteiger partial charge in [0.15, 0.2) is 6.10 Å². The van der Waals surface area contributed by atoms with Gasteiger partial charge in [0, 0.05) is 19.4 Å². The van der Waals surface area contributed by atoms with Gasteiger partial charge < -0.3 is 14.2 Å². The smallest absolute Gasteiger partial charge is 0.306 e. The third-order valence-electron chi connectivity index (χ3n) is 9.14. The standard InChI is InChI=1S/C41H80O5/c1-4-7-10-13-15-17-19-20-21-23-25-27-30-33-36-44-37-39(46-41(43)35-32-28-12-9-6-3)38-45-40(42)34-31-29-26-24-22-18-16-14-11-8-5-2/h39H,4-38H2,1-3H3. The third kappa shape index (κ3) is 35.7. The van der Waals surface area contributed by atoms with Crippen LogP contribution in [0.25, 0.3) is 0 Å². The van der Waals surface area contributed by atoms with Crippen LogP contribution in [0.4, 0.5) is 0 Å². The van der Waals surface area contributed by atoms with E-state index in [1.165, 1.54) is 154 Å². The van der Waals surface area contributed by atoms with E-state index in [4.69, 9.17) is 14.2 Å². The van der Waals surface area contributed by atoms with E-state index in [0.29, 0.717) is 26.1 Å². The van der Waals surface area contributed by atoms with Gasteiger partial charge in [-0.15, -0.1) is 0 Å². The van der Waals surface area contributed by atoms with Gasteiger partial charge in [-0.1, -0.05) is 194 Å². The summed E-state index contributed by atoms with van der Waals surface area (Å²) < 4.78 is 17.1. The predicted octanol–water partition coefficient (Wildman–Crippen LogP) is 13.0. The molecule has 0 aliphatic heterocycles. The lowest BCUT2D eigenvalue weighted by atomic mass is 10.0. The van der Waals surface area contributed by atoms with Crippen LogP contribution in [0.3, 0.4) is 0 Å². The van der Waals surface area contributed by atoms with E-state index in [1.807, 2.05) is 0 Å². The number of hydrogen-bond acceptors (Lipinski definition) is 5. The minimum Gasteiger partial charge on any atom is -0.462 e. The molecule has 0 aliphatic rings. The Labute approximate surface area is 287 Å². The molecule has 0 saturated carbocycles. The van der Waals surface area contributed by atoms with Crippen LogP contribution in [0, 0.1) is 0 Å². The molecule has 5 nitrogen and oxygen atoms in total. The fraction of sp³-hybridized carbons (Fsp3) is 0.951. The van der Waals surface area contributed by atoms with Gasteiger partial charge >= 0.3 is 11.9 Å². The monoisotopic (exact) mass is 653 g/mol. The molecule has 0 rings (SSSR count). The van der Waals surface area contributed by atoms with Crippen LogP contribution >= 0.6 is 0 Å². The maximum atomic E-state index is 12.5. The Balaban J connectivity index is 4.04. The van der Waals surface area contributed by atoms with Crippen molar-refractivity contribution >= 4 is 11.9 Å². The van der Waals surface area contributed by atoms with Crippen LogP contribution < -0.4 is 0 Å². The van der Waals surface area contributed by atoms with E-state index >= 15 is 0 Å². The van der Waals surface area contributed by atoms with Crippen molar-refractivity contribution in [2.24, 2.45) is 0 Å². The van der Waals surface area contributed by atoms with Crippen molar-refractivity contribution in [1.82, 2.24) is 0 Å². The van der Waals surface area contributed by atoms with E-state index in [0.717, 1.165) is 38.5 Å². The summed E-state index contributed by atoms with van der Waals surface area (Å²) in [5.74, 6) is -0.397. The number of rotatable bonds is 38. The highest BCUT2D eigenvalue weighted by molar-refractivity contribution is 5.70. The van der Waals surface area contributed by atoms with E-state index in [2.05, 4.69) is 20.8 Å². The first-order valence-electron chi connectivity index (χ1n) is 20.6. The number of carbonyl (C=O) groups is 2. The molecule has 0 N–H and O–H groups in total. The molecule has 0 aromatic rings. The number of carbonyl (C=O) groups excluding carboxylic acids is 2. The number of hydrogen-bond donors (Lipinski definition) is 0. The molecule has 1 unspecified atom stereocenters. The molecule has 0 fully saturated rings. The summed E-state index contributed by atoms with van der Waals surface area (Å²) in [6, 6.07) is 0. The van der Waals surface area contributed by atoms with Crippen LogP contribution in [0.5, 0.6) is 0 Å². The molecule has 0 spiro atoms. The molecule has 0 radical (unpaired) electrons. The maximum absolute atomic E-state index is 12.5. The predicted molar refractivity (Wildman–Crippen MR) is 196 cm³/mol. The van der Waals surface area contributed by atoms with Crippen LogP contribution in [0.15, 0.2) is 0 Å². The van der Waals surface area contributed by atoms with Gasteiger partial charge in [-0.05, 0) is 19.3 Å². The van der Waals surface area contributed by atoms with Crippen molar-refractivity contribution in [2.45, 2.75) is 232 Å².